The summed E-state index contributed by atoms with van der Waals surface area (Å²) in [6.45, 7) is 3.59. The lowest BCUT2D eigenvalue weighted by Crippen LogP contribution is -2.02. The van der Waals surface area contributed by atoms with Gasteiger partial charge in [0.25, 0.3) is 0 Å². The highest BCUT2D eigenvalue weighted by molar-refractivity contribution is 6.30. The Morgan fingerprint density at radius 1 is 1.53 bits per heavy atom. The van der Waals surface area contributed by atoms with Crippen LogP contribution in [0.1, 0.15) is 18.3 Å². The maximum Gasteiger partial charge on any atom is 0.137 e. The number of halogens is 1. The second-order valence-corrected chi connectivity index (χ2v) is 3.74. The van der Waals surface area contributed by atoms with Crippen molar-refractivity contribution in [3.63, 3.8) is 0 Å². The van der Waals surface area contributed by atoms with Gasteiger partial charge in [0.1, 0.15) is 11.4 Å². The summed E-state index contributed by atoms with van der Waals surface area (Å²) in [7, 11) is 0. The standard InChI is InChI=1S/C10H10ClN3O/c1-6-10(7(2)13-15)14-5-8(11)3-4-9(14)12-6/h3-5,15H,1-2H3. The van der Waals surface area contributed by atoms with Crippen molar-refractivity contribution in [1.82, 2.24) is 9.38 Å². The highest BCUT2D eigenvalue weighted by atomic mass is 35.5. The first kappa shape index (κ1) is 9.98. The molecule has 0 spiro atoms. The van der Waals surface area contributed by atoms with Crippen molar-refractivity contribution in [3.05, 3.63) is 34.7 Å². The Kier molecular flexibility index (Phi) is 2.36. The van der Waals surface area contributed by atoms with Crippen molar-refractivity contribution in [2.75, 3.05) is 0 Å². The van der Waals surface area contributed by atoms with Crippen LogP contribution in [0.25, 0.3) is 5.65 Å². The van der Waals surface area contributed by atoms with E-state index in [0.29, 0.717) is 10.7 Å². The minimum atomic E-state index is 0.516. The van der Waals surface area contributed by atoms with Gasteiger partial charge >= 0.3 is 0 Å². The molecule has 0 saturated carbocycles. The molecule has 2 rings (SSSR count). The Balaban J connectivity index is 2.82. The largest absolute Gasteiger partial charge is 0.411 e. The monoisotopic (exact) mass is 223 g/mol. The van der Waals surface area contributed by atoms with Crippen molar-refractivity contribution < 1.29 is 5.21 Å². The molecular formula is C10H10ClN3O. The lowest BCUT2D eigenvalue weighted by molar-refractivity contribution is 0.319. The molecule has 0 atom stereocenters. The van der Waals surface area contributed by atoms with Gasteiger partial charge in [-0.1, -0.05) is 16.8 Å². The van der Waals surface area contributed by atoms with E-state index < -0.39 is 0 Å². The van der Waals surface area contributed by atoms with Gasteiger partial charge in [-0.05, 0) is 26.0 Å². The summed E-state index contributed by atoms with van der Waals surface area (Å²) in [5, 5.41) is 12.6. The van der Waals surface area contributed by atoms with Crippen LogP contribution in [0, 0.1) is 6.92 Å². The Morgan fingerprint density at radius 3 is 2.93 bits per heavy atom. The highest BCUT2D eigenvalue weighted by Crippen LogP contribution is 2.16. The van der Waals surface area contributed by atoms with Gasteiger partial charge in [0.2, 0.25) is 0 Å². The summed E-state index contributed by atoms with van der Waals surface area (Å²) >= 11 is 5.90. The molecule has 0 aliphatic heterocycles. The molecule has 2 heterocycles. The molecule has 0 saturated heterocycles. The third-order valence-electron chi connectivity index (χ3n) is 2.25. The van der Waals surface area contributed by atoms with Gasteiger partial charge < -0.3 is 5.21 Å². The zero-order valence-corrected chi connectivity index (χ0v) is 9.15. The summed E-state index contributed by atoms with van der Waals surface area (Å²) in [4.78, 5) is 4.34. The minimum Gasteiger partial charge on any atom is -0.411 e. The van der Waals surface area contributed by atoms with E-state index in [1.54, 1.807) is 19.2 Å². The number of aryl methyl sites for hydroxylation is 1. The second-order valence-electron chi connectivity index (χ2n) is 3.31. The maximum atomic E-state index is 8.77. The van der Waals surface area contributed by atoms with E-state index in [-0.39, 0.29) is 0 Å². The first-order valence-corrected chi connectivity index (χ1v) is 4.84. The summed E-state index contributed by atoms with van der Waals surface area (Å²) < 4.78 is 1.81. The Hall–Kier alpha value is -1.55. The van der Waals surface area contributed by atoms with E-state index >= 15 is 0 Å². The molecule has 0 fully saturated rings. The van der Waals surface area contributed by atoms with Gasteiger partial charge in [0.05, 0.1) is 16.4 Å². The van der Waals surface area contributed by atoms with Crippen LogP contribution in [0.15, 0.2) is 23.5 Å². The van der Waals surface area contributed by atoms with Gasteiger partial charge in [0, 0.05) is 6.20 Å². The Labute approximate surface area is 91.8 Å². The highest BCUT2D eigenvalue weighted by Gasteiger charge is 2.11. The molecule has 0 aliphatic carbocycles. The predicted molar refractivity (Wildman–Crippen MR) is 58.9 cm³/mol. The number of nitrogens with zero attached hydrogens (tertiary/aromatic N) is 3. The molecular weight excluding hydrogens is 214 g/mol. The fourth-order valence-corrected chi connectivity index (χ4v) is 1.78. The average molecular weight is 224 g/mol. The molecule has 2 aromatic rings. The fourth-order valence-electron chi connectivity index (χ4n) is 1.62. The fraction of sp³-hybridized carbons (Fsp3) is 0.200. The average Bonchev–Trinajstić information content (AvgIpc) is 2.52. The van der Waals surface area contributed by atoms with Crippen molar-refractivity contribution in [2.45, 2.75) is 13.8 Å². The number of imidazole rings is 1. The topological polar surface area (TPSA) is 49.9 Å². The van der Waals surface area contributed by atoms with Crippen LogP contribution in [0.2, 0.25) is 5.02 Å². The lowest BCUT2D eigenvalue weighted by Gasteiger charge is -2.00. The molecule has 15 heavy (non-hydrogen) atoms. The van der Waals surface area contributed by atoms with Crippen LogP contribution in [-0.2, 0) is 0 Å². The first-order valence-electron chi connectivity index (χ1n) is 4.46. The van der Waals surface area contributed by atoms with Crippen LogP contribution in [0.5, 0.6) is 0 Å². The van der Waals surface area contributed by atoms with E-state index in [2.05, 4.69) is 10.1 Å². The van der Waals surface area contributed by atoms with Gasteiger partial charge in [-0.25, -0.2) is 4.98 Å². The summed E-state index contributed by atoms with van der Waals surface area (Å²) in [5.41, 5.74) is 2.89. The minimum absolute atomic E-state index is 0.516. The third kappa shape index (κ3) is 1.57. The van der Waals surface area contributed by atoms with Crippen LogP contribution in [0.4, 0.5) is 0 Å². The van der Waals surface area contributed by atoms with Gasteiger partial charge in [-0.15, -0.1) is 0 Å². The van der Waals surface area contributed by atoms with Crippen molar-refractivity contribution in [2.24, 2.45) is 5.16 Å². The molecule has 1 N–H and O–H groups in total. The zero-order chi connectivity index (χ0) is 11.0. The van der Waals surface area contributed by atoms with E-state index in [9.17, 15) is 0 Å². The van der Waals surface area contributed by atoms with Crippen molar-refractivity contribution in [1.29, 1.82) is 0 Å². The molecule has 0 unspecified atom stereocenters. The lowest BCUT2D eigenvalue weighted by atomic mass is 10.2. The van der Waals surface area contributed by atoms with Crippen molar-refractivity contribution >= 4 is 23.0 Å². The summed E-state index contributed by atoms with van der Waals surface area (Å²) in [5.74, 6) is 0. The normalized spacial score (nSPS) is 12.3. The van der Waals surface area contributed by atoms with Crippen molar-refractivity contribution in [3.8, 4) is 0 Å². The molecule has 0 aromatic carbocycles. The van der Waals surface area contributed by atoms with E-state index in [1.165, 1.54) is 0 Å². The Bertz CT molecular complexity index is 545. The molecule has 0 amide bonds. The van der Waals surface area contributed by atoms with Gasteiger partial charge in [-0.3, -0.25) is 4.40 Å². The number of hydrogen-bond donors (Lipinski definition) is 1. The van der Waals surface area contributed by atoms with Crippen LogP contribution >= 0.6 is 11.6 Å². The van der Waals surface area contributed by atoms with Gasteiger partial charge in [0.15, 0.2) is 0 Å². The number of oxime groups is 1. The second kappa shape index (κ2) is 3.55. The van der Waals surface area contributed by atoms with E-state index in [0.717, 1.165) is 17.0 Å². The molecule has 2 aromatic heterocycles. The Morgan fingerprint density at radius 2 is 2.27 bits per heavy atom. The van der Waals surface area contributed by atoms with Crippen LogP contribution in [-0.4, -0.2) is 20.3 Å². The number of hydrogen-bond acceptors (Lipinski definition) is 3. The molecule has 78 valence electrons. The van der Waals surface area contributed by atoms with Gasteiger partial charge in [-0.2, -0.15) is 0 Å². The maximum absolute atomic E-state index is 8.77. The zero-order valence-electron chi connectivity index (χ0n) is 8.40. The molecule has 5 heteroatoms. The van der Waals surface area contributed by atoms with Crippen LogP contribution in [0.3, 0.4) is 0 Å². The van der Waals surface area contributed by atoms with E-state index in [4.69, 9.17) is 16.8 Å². The summed E-state index contributed by atoms with van der Waals surface area (Å²) in [6.07, 6.45) is 1.75. The van der Waals surface area contributed by atoms with Crippen LogP contribution < -0.4 is 0 Å². The summed E-state index contributed by atoms with van der Waals surface area (Å²) in [6, 6.07) is 3.60. The first-order chi connectivity index (χ1) is 7.13. The molecule has 0 aliphatic rings. The number of pyridine rings is 1. The number of fused-ring (bicyclic) bond motifs is 1. The third-order valence-corrected chi connectivity index (χ3v) is 2.47. The SMILES string of the molecule is CC(=NO)c1c(C)nc2ccc(Cl)cn12. The van der Waals surface area contributed by atoms with E-state index in [1.807, 2.05) is 17.4 Å². The number of rotatable bonds is 1. The molecule has 0 bridgehead atoms. The number of aromatic nitrogens is 2. The molecule has 0 radical (unpaired) electrons. The quantitative estimate of drug-likeness (QED) is 0.459. The predicted octanol–water partition coefficient (Wildman–Crippen LogP) is 2.49. The smallest absolute Gasteiger partial charge is 0.137 e. The molecule has 4 nitrogen and oxygen atoms in total.